The molecule has 0 saturated carbocycles. The first-order valence-electron chi connectivity index (χ1n) is 6.73. The number of nitrogens with one attached hydrogen (secondary N) is 1. The molecule has 25 heavy (non-hydrogen) atoms. The highest BCUT2D eigenvalue weighted by Gasteiger charge is 2.67. The molecule has 2 rings (SSSR count). The smallest absolute Gasteiger partial charge is 0.507 e. The summed E-state index contributed by atoms with van der Waals surface area (Å²) in [6.45, 7) is 4.64. The number of halogens is 5. The molecule has 6 nitrogen and oxygen atoms in total. The van der Waals surface area contributed by atoms with Crippen LogP contribution in [-0.2, 0) is 4.74 Å². The third kappa shape index (κ3) is 3.37. The molecule has 0 spiro atoms. The lowest BCUT2D eigenvalue weighted by Crippen LogP contribution is -2.63. The topological polar surface area (TPSA) is 82.0 Å². The van der Waals surface area contributed by atoms with E-state index in [1.54, 1.807) is 0 Å². The Morgan fingerprint density at radius 3 is 2.52 bits per heavy atom. The number of para-hydroxylation sites is 1. The fourth-order valence-electron chi connectivity index (χ4n) is 2.30. The molecule has 0 unspecified atom stereocenters. The van der Waals surface area contributed by atoms with Gasteiger partial charge in [-0.3, -0.25) is 10.2 Å². The van der Waals surface area contributed by atoms with Crippen molar-refractivity contribution in [1.29, 1.82) is 0 Å². The molecule has 1 amide bonds. The van der Waals surface area contributed by atoms with Gasteiger partial charge in [-0.15, -0.1) is 13.2 Å². The summed E-state index contributed by atoms with van der Waals surface area (Å²) in [5.74, 6) is -1.97. The van der Waals surface area contributed by atoms with E-state index in [-0.39, 0.29) is 16.3 Å². The summed E-state index contributed by atoms with van der Waals surface area (Å²) in [4.78, 5) is 12.4. The van der Waals surface area contributed by atoms with Crippen LogP contribution in [0.15, 0.2) is 30.5 Å². The zero-order valence-electron chi connectivity index (χ0n) is 12.7. The van der Waals surface area contributed by atoms with Crippen molar-refractivity contribution in [3.8, 4) is 5.75 Å². The van der Waals surface area contributed by atoms with E-state index in [0.29, 0.717) is 0 Å². The number of hydrogen-bond acceptors (Lipinski definition) is 5. The molecule has 1 fully saturated rings. The van der Waals surface area contributed by atoms with Crippen LogP contribution in [0.3, 0.4) is 0 Å². The molecule has 1 heterocycles. The standard InChI is InChI=1S/C14H13F5N2O4/c1-7-4-3-5-9(10(7)22)11(23)21-12(24,6-8(2)20-21)13(15,16)25-14(17,18)19/h3-5,20,22,24H,2,6H2,1H3/t12-/m0/s1. The number of aromatic hydroxyl groups is 1. The summed E-state index contributed by atoms with van der Waals surface area (Å²) in [7, 11) is 0. The first kappa shape index (κ1) is 18.9. The van der Waals surface area contributed by atoms with Gasteiger partial charge < -0.3 is 10.2 Å². The monoisotopic (exact) mass is 368 g/mol. The number of carbonyl (C=O) groups excluding carboxylic acids is 1. The molecule has 1 aromatic rings. The van der Waals surface area contributed by atoms with E-state index < -0.39 is 41.8 Å². The quantitative estimate of drug-likeness (QED) is 0.714. The molecular weight excluding hydrogens is 355 g/mol. The summed E-state index contributed by atoms with van der Waals surface area (Å²) >= 11 is 0. The molecule has 1 saturated heterocycles. The van der Waals surface area contributed by atoms with Gasteiger partial charge in [-0.05, 0) is 18.6 Å². The predicted octanol–water partition coefficient (Wildman–Crippen LogP) is 2.38. The maximum atomic E-state index is 14.0. The van der Waals surface area contributed by atoms with Crippen LogP contribution in [0, 0.1) is 6.92 Å². The minimum Gasteiger partial charge on any atom is -0.507 e. The number of carbonyl (C=O) groups is 1. The van der Waals surface area contributed by atoms with Crippen LogP contribution in [0.1, 0.15) is 22.3 Å². The van der Waals surface area contributed by atoms with E-state index >= 15 is 0 Å². The van der Waals surface area contributed by atoms with Gasteiger partial charge in [0.1, 0.15) is 5.75 Å². The molecule has 11 heteroatoms. The lowest BCUT2D eigenvalue weighted by molar-refractivity contribution is -0.469. The molecule has 3 N–H and O–H groups in total. The minimum absolute atomic E-state index is 0.143. The maximum absolute atomic E-state index is 14.0. The number of nitrogens with zero attached hydrogens (tertiary/aromatic N) is 1. The van der Waals surface area contributed by atoms with E-state index in [1.165, 1.54) is 19.1 Å². The highest BCUT2D eigenvalue weighted by atomic mass is 19.4. The Hall–Kier alpha value is -2.40. The Labute approximate surface area is 138 Å². The van der Waals surface area contributed by atoms with Gasteiger partial charge in [-0.25, -0.2) is 9.75 Å². The van der Waals surface area contributed by atoms with E-state index in [9.17, 15) is 37.0 Å². The fourth-order valence-corrected chi connectivity index (χ4v) is 2.30. The number of amides is 1. The SMILES string of the molecule is C=C1C[C@](O)(C(F)(F)OC(F)(F)F)N(C(=O)c2cccc(C)c2O)N1. The van der Waals surface area contributed by atoms with Gasteiger partial charge in [-0.1, -0.05) is 18.7 Å². The summed E-state index contributed by atoms with van der Waals surface area (Å²) in [5.41, 5.74) is -2.38. The van der Waals surface area contributed by atoms with Gasteiger partial charge in [0.15, 0.2) is 0 Å². The Kier molecular flexibility index (Phi) is 4.43. The average molecular weight is 368 g/mol. The number of alkyl halides is 5. The lowest BCUT2D eigenvalue weighted by atomic mass is 10.1. The van der Waals surface area contributed by atoms with Crippen molar-refractivity contribution in [3.05, 3.63) is 41.6 Å². The number of phenols is 1. The number of hydrazine groups is 1. The van der Waals surface area contributed by atoms with Crippen molar-refractivity contribution >= 4 is 5.91 Å². The van der Waals surface area contributed by atoms with Gasteiger partial charge >= 0.3 is 12.5 Å². The van der Waals surface area contributed by atoms with E-state index in [0.717, 1.165) is 6.07 Å². The molecule has 1 atom stereocenters. The molecule has 1 aromatic carbocycles. The molecule has 1 aliphatic heterocycles. The minimum atomic E-state index is -5.77. The molecule has 0 aliphatic carbocycles. The largest absolute Gasteiger partial charge is 0.527 e. The Balaban J connectivity index is 2.46. The van der Waals surface area contributed by atoms with Crippen molar-refractivity contribution in [2.75, 3.05) is 0 Å². The molecule has 1 aliphatic rings. The number of phenolic OH excluding ortho intramolecular Hbond substituents is 1. The van der Waals surface area contributed by atoms with Crippen molar-refractivity contribution in [3.63, 3.8) is 0 Å². The number of ether oxygens (including phenoxy) is 1. The van der Waals surface area contributed by atoms with E-state index in [2.05, 4.69) is 11.3 Å². The van der Waals surface area contributed by atoms with Gasteiger partial charge in [0.2, 0.25) is 0 Å². The average Bonchev–Trinajstić information content (AvgIpc) is 2.75. The van der Waals surface area contributed by atoms with Crippen molar-refractivity contribution < 1.29 is 41.7 Å². The normalized spacial score (nSPS) is 21.4. The van der Waals surface area contributed by atoms with E-state index in [1.807, 2.05) is 5.43 Å². The van der Waals surface area contributed by atoms with Crippen LogP contribution >= 0.6 is 0 Å². The summed E-state index contributed by atoms with van der Waals surface area (Å²) in [5, 5.41) is 19.9. The molecule has 138 valence electrons. The third-order valence-electron chi connectivity index (χ3n) is 3.48. The predicted molar refractivity (Wildman–Crippen MR) is 72.9 cm³/mol. The van der Waals surface area contributed by atoms with Gasteiger partial charge in [0.05, 0.1) is 5.56 Å². The number of aliphatic hydroxyl groups is 1. The summed E-state index contributed by atoms with van der Waals surface area (Å²) < 4.78 is 67.3. The molecule has 0 aromatic heterocycles. The van der Waals surface area contributed by atoms with E-state index in [4.69, 9.17) is 0 Å². The van der Waals surface area contributed by atoms with Crippen LogP contribution in [0.2, 0.25) is 0 Å². The molecule has 0 radical (unpaired) electrons. The second kappa shape index (κ2) is 5.85. The van der Waals surface area contributed by atoms with Crippen LogP contribution in [0.4, 0.5) is 22.0 Å². The Morgan fingerprint density at radius 1 is 1.36 bits per heavy atom. The fraction of sp³-hybridized carbons (Fsp3) is 0.357. The zero-order chi connectivity index (χ0) is 19.2. The second-order valence-electron chi connectivity index (χ2n) is 5.38. The van der Waals surface area contributed by atoms with Crippen molar-refractivity contribution in [2.24, 2.45) is 0 Å². The zero-order valence-corrected chi connectivity index (χ0v) is 12.7. The van der Waals surface area contributed by atoms with Crippen LogP contribution < -0.4 is 5.43 Å². The summed E-state index contributed by atoms with van der Waals surface area (Å²) in [6.07, 6.45) is -12.1. The first-order valence-corrected chi connectivity index (χ1v) is 6.73. The van der Waals surface area contributed by atoms with Gasteiger partial charge in [-0.2, -0.15) is 8.78 Å². The lowest BCUT2D eigenvalue weighted by Gasteiger charge is -2.37. The Morgan fingerprint density at radius 2 is 1.96 bits per heavy atom. The van der Waals surface area contributed by atoms with Crippen molar-refractivity contribution in [2.45, 2.75) is 31.5 Å². The van der Waals surface area contributed by atoms with Gasteiger partial charge in [0.25, 0.3) is 11.6 Å². The molecule has 0 bridgehead atoms. The Bertz CT molecular complexity index is 722. The number of aryl methyl sites for hydroxylation is 1. The highest BCUT2D eigenvalue weighted by molar-refractivity contribution is 5.97. The third-order valence-corrected chi connectivity index (χ3v) is 3.48. The summed E-state index contributed by atoms with van der Waals surface area (Å²) in [6, 6.07) is 3.78. The van der Waals surface area contributed by atoms with Crippen LogP contribution in [0.25, 0.3) is 0 Å². The highest BCUT2D eigenvalue weighted by Crippen LogP contribution is 2.44. The maximum Gasteiger partial charge on any atom is 0.527 e. The number of hydrogen-bond donors (Lipinski definition) is 3. The van der Waals surface area contributed by atoms with Gasteiger partial charge in [0, 0.05) is 12.1 Å². The van der Waals surface area contributed by atoms with Crippen LogP contribution in [-0.4, -0.2) is 39.3 Å². The number of rotatable bonds is 3. The number of benzene rings is 1. The van der Waals surface area contributed by atoms with Crippen molar-refractivity contribution in [1.82, 2.24) is 10.4 Å². The van der Waals surface area contributed by atoms with Crippen LogP contribution in [0.5, 0.6) is 5.75 Å². The molecular formula is C14H13F5N2O4. The second-order valence-corrected chi connectivity index (χ2v) is 5.38. The first-order chi connectivity index (χ1) is 11.3.